The van der Waals surface area contributed by atoms with Gasteiger partial charge < -0.3 is 0 Å². The smallest absolute Gasteiger partial charge is 0.160 e. The van der Waals surface area contributed by atoms with Gasteiger partial charge in [0.15, 0.2) is 0 Å². The van der Waals surface area contributed by atoms with Gasteiger partial charge in [0.05, 0.1) is 0 Å². The fraction of sp³-hybridized carbons (Fsp3) is 0.385. The van der Waals surface area contributed by atoms with E-state index >= 15 is 0 Å². The van der Waals surface area contributed by atoms with Crippen molar-refractivity contribution in [1.82, 2.24) is 0 Å². The number of thioether (sulfide) groups is 1. The van der Waals surface area contributed by atoms with Gasteiger partial charge in [-0.2, -0.15) is 13.2 Å². The summed E-state index contributed by atoms with van der Waals surface area (Å²) in [5, 5.41) is 0.703. The Balaban J connectivity index is 2.66. The number of rotatable bonds is 1. The van der Waals surface area contributed by atoms with Crippen molar-refractivity contribution in [2.24, 2.45) is 0 Å². The van der Waals surface area contributed by atoms with Gasteiger partial charge in [0.25, 0.3) is 0 Å². The fourth-order valence-corrected chi connectivity index (χ4v) is 4.12. The van der Waals surface area contributed by atoms with Crippen LogP contribution in [-0.2, 0) is 5.41 Å². The predicted octanol–water partition coefficient (Wildman–Crippen LogP) is 5.81. The Morgan fingerprint density at radius 1 is 1.06 bits per heavy atom. The highest BCUT2D eigenvalue weighted by atomic mass is 32.2. The molecule has 0 bridgehead atoms. The molecule has 5 heteroatoms. The van der Waals surface area contributed by atoms with Crippen molar-refractivity contribution >= 4 is 33.2 Å². The quantitative estimate of drug-likeness (QED) is 0.597. The van der Waals surface area contributed by atoms with Crippen LogP contribution in [0.4, 0.5) is 13.2 Å². The lowest BCUT2D eigenvalue weighted by molar-refractivity contribution is -0.0327. The summed E-state index contributed by atoms with van der Waals surface area (Å²) in [5.41, 5.74) is -4.53. The molecule has 0 amide bonds. The van der Waals surface area contributed by atoms with E-state index in [0.29, 0.717) is 10.3 Å². The van der Waals surface area contributed by atoms with Gasteiger partial charge in [-0.3, -0.25) is 0 Å². The molecule has 0 saturated carbocycles. The van der Waals surface area contributed by atoms with Crippen molar-refractivity contribution < 1.29 is 13.2 Å². The lowest BCUT2D eigenvalue weighted by Crippen LogP contribution is -2.11. The van der Waals surface area contributed by atoms with E-state index in [-0.39, 0.29) is 17.2 Å². The molecule has 0 atom stereocenters. The van der Waals surface area contributed by atoms with Gasteiger partial charge in [-0.05, 0) is 23.2 Å². The second-order valence-corrected chi connectivity index (χ2v) is 7.18. The van der Waals surface area contributed by atoms with Crippen LogP contribution in [0.1, 0.15) is 25.6 Å². The molecule has 0 radical (unpaired) electrons. The molecular formula is C13H13F3S2. The Labute approximate surface area is 112 Å². The van der Waals surface area contributed by atoms with E-state index in [1.54, 1.807) is 12.1 Å². The van der Waals surface area contributed by atoms with E-state index in [1.165, 1.54) is 11.3 Å². The molecule has 1 aromatic carbocycles. The second-order valence-electron chi connectivity index (χ2n) is 5.05. The summed E-state index contributed by atoms with van der Waals surface area (Å²) in [5.74, 6) is 0. The van der Waals surface area contributed by atoms with E-state index in [1.807, 2.05) is 32.9 Å². The number of benzene rings is 1. The first-order valence-electron chi connectivity index (χ1n) is 5.46. The second kappa shape index (κ2) is 4.46. The monoisotopic (exact) mass is 290 g/mol. The van der Waals surface area contributed by atoms with Crippen molar-refractivity contribution in [3.8, 4) is 0 Å². The first-order valence-corrected chi connectivity index (χ1v) is 7.09. The Morgan fingerprint density at radius 3 is 2.22 bits per heavy atom. The van der Waals surface area contributed by atoms with Gasteiger partial charge >= 0.3 is 5.51 Å². The lowest BCUT2D eigenvalue weighted by Gasteiger charge is -2.19. The molecule has 1 heterocycles. The average Bonchev–Trinajstić information content (AvgIpc) is 2.55. The van der Waals surface area contributed by atoms with Gasteiger partial charge in [-0.25, -0.2) is 0 Å². The molecule has 18 heavy (non-hydrogen) atoms. The summed E-state index contributed by atoms with van der Waals surface area (Å²) in [6.45, 7) is 5.83. The topological polar surface area (TPSA) is 0 Å². The zero-order valence-corrected chi connectivity index (χ0v) is 11.9. The van der Waals surface area contributed by atoms with Crippen molar-refractivity contribution in [2.75, 3.05) is 0 Å². The van der Waals surface area contributed by atoms with E-state index in [0.717, 1.165) is 9.58 Å². The largest absolute Gasteiger partial charge is 0.446 e. The Morgan fingerprint density at radius 2 is 1.67 bits per heavy atom. The van der Waals surface area contributed by atoms with Gasteiger partial charge in [0.1, 0.15) is 0 Å². The molecule has 0 fully saturated rings. The van der Waals surface area contributed by atoms with Crippen LogP contribution < -0.4 is 0 Å². The molecule has 0 unspecified atom stereocenters. The van der Waals surface area contributed by atoms with Crippen molar-refractivity contribution in [1.29, 1.82) is 0 Å². The first-order chi connectivity index (χ1) is 8.18. The van der Waals surface area contributed by atoms with Crippen LogP contribution >= 0.6 is 23.1 Å². The van der Waals surface area contributed by atoms with Gasteiger partial charge in [-0.1, -0.05) is 39.0 Å². The SMILES string of the molecule is CC(C)(C)c1sc2ccccc2c1SC(F)(F)F. The molecule has 0 aliphatic carbocycles. The molecule has 0 aliphatic rings. The Hall–Kier alpha value is -0.680. The first kappa shape index (κ1) is 13.7. The van der Waals surface area contributed by atoms with Crippen LogP contribution in [0.5, 0.6) is 0 Å². The number of halogens is 3. The maximum atomic E-state index is 12.7. The van der Waals surface area contributed by atoms with Crippen LogP contribution in [0.3, 0.4) is 0 Å². The summed E-state index contributed by atoms with van der Waals surface area (Å²) in [4.78, 5) is 1.15. The minimum Gasteiger partial charge on any atom is -0.160 e. The van der Waals surface area contributed by atoms with E-state index < -0.39 is 5.51 Å². The molecule has 0 spiro atoms. The summed E-state index contributed by atoms with van der Waals surface area (Å²) in [7, 11) is 0. The minimum atomic E-state index is -4.25. The van der Waals surface area contributed by atoms with Gasteiger partial charge in [0, 0.05) is 19.9 Å². The van der Waals surface area contributed by atoms with Gasteiger partial charge in [0.2, 0.25) is 0 Å². The van der Waals surface area contributed by atoms with E-state index in [2.05, 4.69) is 0 Å². The summed E-state index contributed by atoms with van der Waals surface area (Å²) >= 11 is 1.45. The third-order valence-electron chi connectivity index (χ3n) is 2.45. The summed E-state index contributed by atoms with van der Waals surface area (Å²) < 4.78 is 39.0. The number of hydrogen-bond acceptors (Lipinski definition) is 2. The van der Waals surface area contributed by atoms with E-state index in [9.17, 15) is 13.2 Å². The molecule has 2 aromatic rings. The highest BCUT2D eigenvalue weighted by molar-refractivity contribution is 8.00. The zero-order chi connectivity index (χ0) is 13.6. The van der Waals surface area contributed by atoms with Crippen LogP contribution in [0.2, 0.25) is 0 Å². The van der Waals surface area contributed by atoms with Gasteiger partial charge in [-0.15, -0.1) is 11.3 Å². The average molecular weight is 290 g/mol. The molecule has 0 nitrogen and oxygen atoms in total. The highest BCUT2D eigenvalue weighted by Crippen LogP contribution is 2.49. The maximum absolute atomic E-state index is 12.7. The molecule has 0 aliphatic heterocycles. The van der Waals surface area contributed by atoms with Crippen LogP contribution in [-0.4, -0.2) is 5.51 Å². The molecule has 1 aromatic heterocycles. The minimum absolute atomic E-state index is 0.000810. The summed E-state index contributed by atoms with van der Waals surface area (Å²) in [6, 6.07) is 7.26. The zero-order valence-electron chi connectivity index (χ0n) is 10.3. The standard InChI is InChI=1S/C13H13F3S2/c1-12(2,3)11-10(18-13(14,15)16)8-6-4-5-7-9(8)17-11/h4-7H,1-3H3. The van der Waals surface area contributed by atoms with Crippen LogP contribution in [0.15, 0.2) is 29.2 Å². The third-order valence-corrected chi connectivity index (χ3v) is 5.03. The van der Waals surface area contributed by atoms with Crippen molar-refractivity contribution in [3.05, 3.63) is 29.1 Å². The molecule has 2 rings (SSSR count). The molecule has 0 N–H and O–H groups in total. The molecular weight excluding hydrogens is 277 g/mol. The normalized spacial score (nSPS) is 13.2. The van der Waals surface area contributed by atoms with Crippen molar-refractivity contribution in [2.45, 2.75) is 36.6 Å². The predicted molar refractivity (Wildman–Crippen MR) is 72.4 cm³/mol. The van der Waals surface area contributed by atoms with Crippen molar-refractivity contribution in [3.63, 3.8) is 0 Å². The van der Waals surface area contributed by atoms with Crippen LogP contribution in [0.25, 0.3) is 10.1 Å². The molecule has 0 saturated heterocycles. The lowest BCUT2D eigenvalue weighted by atomic mass is 9.94. The maximum Gasteiger partial charge on any atom is 0.446 e. The number of fused-ring (bicyclic) bond motifs is 1. The third kappa shape index (κ3) is 2.83. The van der Waals surface area contributed by atoms with E-state index in [4.69, 9.17) is 0 Å². The summed E-state index contributed by atoms with van der Waals surface area (Å²) in [6.07, 6.45) is 0. The number of thiophene rings is 1. The Bertz CT molecular complexity index is 562. The van der Waals surface area contributed by atoms with Crippen LogP contribution in [0, 0.1) is 0 Å². The fourth-order valence-electron chi connectivity index (χ4n) is 1.73. The number of hydrogen-bond donors (Lipinski definition) is 0. The Kier molecular flexibility index (Phi) is 3.40. The highest BCUT2D eigenvalue weighted by Gasteiger charge is 2.34. The molecule has 98 valence electrons. The number of alkyl halides is 3.